The zero-order chi connectivity index (χ0) is 23.7. The average Bonchev–Trinajstić information content (AvgIpc) is 3.16. The number of ether oxygens (including phenoxy) is 1. The molecule has 0 aliphatic heterocycles. The van der Waals surface area contributed by atoms with Gasteiger partial charge in [0.15, 0.2) is 0 Å². The predicted molar refractivity (Wildman–Crippen MR) is 119 cm³/mol. The minimum Gasteiger partial charge on any atom is -0.473 e. The van der Waals surface area contributed by atoms with Gasteiger partial charge in [-0.3, -0.25) is 0 Å². The molecule has 3 rings (SSSR count). The number of imidazole rings is 1. The van der Waals surface area contributed by atoms with Gasteiger partial charge in [0.05, 0.1) is 28.5 Å². The van der Waals surface area contributed by atoms with Crippen LogP contribution in [-0.4, -0.2) is 45.4 Å². The van der Waals surface area contributed by atoms with Gasteiger partial charge in [-0.05, 0) is 42.0 Å². The lowest BCUT2D eigenvalue weighted by Crippen LogP contribution is -2.11. The molecule has 0 aliphatic rings. The molecular weight excluding hydrogens is 464 g/mol. The van der Waals surface area contributed by atoms with E-state index in [0.29, 0.717) is 35.7 Å². The normalized spacial score (nSPS) is 10.2. The number of anilines is 1. The molecule has 1 heterocycles. The highest BCUT2D eigenvalue weighted by Gasteiger charge is 2.12. The summed E-state index contributed by atoms with van der Waals surface area (Å²) in [6, 6.07) is 11.8. The van der Waals surface area contributed by atoms with E-state index in [4.69, 9.17) is 47.7 Å². The number of aliphatic carboxylic acids is 2. The summed E-state index contributed by atoms with van der Waals surface area (Å²) in [5.41, 5.74) is 2.76. The Labute approximate surface area is 193 Å². The quantitative estimate of drug-likeness (QED) is 0.426. The van der Waals surface area contributed by atoms with Crippen LogP contribution in [0.4, 0.5) is 10.3 Å². The van der Waals surface area contributed by atoms with Crippen LogP contribution in [0.1, 0.15) is 5.56 Å². The van der Waals surface area contributed by atoms with Crippen LogP contribution in [0.5, 0.6) is 0 Å². The van der Waals surface area contributed by atoms with Gasteiger partial charge in [0, 0.05) is 25.8 Å². The summed E-state index contributed by atoms with van der Waals surface area (Å²) in [6.07, 6.45) is 1.76. The van der Waals surface area contributed by atoms with Crippen molar-refractivity contribution in [3.63, 3.8) is 0 Å². The lowest BCUT2D eigenvalue weighted by atomic mass is 10.1. The van der Waals surface area contributed by atoms with Crippen molar-refractivity contribution >= 4 is 41.1 Å². The molecular formula is C21H20Cl2FN3O5. The standard InChI is InChI=1S/C19H18Cl2FN3O.C2H2O4/c1-26-9-8-25-18(14-3-5-15(22)6-4-14)12-24-19(25)23-11-13-2-7-16(20)17(21)10-13;3-1(4)2(5)6/h2-7,10,12H,8-9,11H2,1H3,(H,23,24);(H,3,4)(H,5,6). The van der Waals surface area contributed by atoms with Crippen LogP contribution in [0.3, 0.4) is 0 Å². The minimum absolute atomic E-state index is 0.269. The molecule has 0 saturated carbocycles. The van der Waals surface area contributed by atoms with Crippen LogP contribution >= 0.6 is 23.2 Å². The van der Waals surface area contributed by atoms with Gasteiger partial charge in [0.25, 0.3) is 0 Å². The van der Waals surface area contributed by atoms with Crippen LogP contribution in [0.25, 0.3) is 11.3 Å². The molecule has 3 N–H and O–H groups in total. The van der Waals surface area contributed by atoms with Crippen molar-refractivity contribution in [2.24, 2.45) is 0 Å². The number of carboxylic acids is 2. The molecule has 0 bridgehead atoms. The van der Waals surface area contributed by atoms with Gasteiger partial charge in [-0.15, -0.1) is 0 Å². The third-order valence-electron chi connectivity index (χ3n) is 4.13. The summed E-state index contributed by atoms with van der Waals surface area (Å²) >= 11 is 12.0. The predicted octanol–water partition coefficient (Wildman–Crippen LogP) is 4.41. The van der Waals surface area contributed by atoms with Crippen LogP contribution in [0.2, 0.25) is 10.0 Å². The number of hydrogen-bond acceptors (Lipinski definition) is 5. The van der Waals surface area contributed by atoms with Crippen LogP contribution in [0.15, 0.2) is 48.7 Å². The highest BCUT2D eigenvalue weighted by atomic mass is 35.5. The molecule has 8 nitrogen and oxygen atoms in total. The van der Waals surface area contributed by atoms with Crippen LogP contribution in [0, 0.1) is 5.82 Å². The SMILES string of the molecule is COCCn1c(-c2ccc(F)cc2)cnc1NCc1ccc(Cl)c(Cl)c1.O=C(O)C(=O)O. The molecule has 0 unspecified atom stereocenters. The van der Waals surface area contributed by atoms with E-state index in [1.807, 2.05) is 16.7 Å². The zero-order valence-electron chi connectivity index (χ0n) is 16.9. The molecule has 32 heavy (non-hydrogen) atoms. The summed E-state index contributed by atoms with van der Waals surface area (Å²) in [7, 11) is 1.65. The summed E-state index contributed by atoms with van der Waals surface area (Å²) in [5, 5.41) is 19.1. The smallest absolute Gasteiger partial charge is 0.414 e. The fourth-order valence-corrected chi connectivity index (χ4v) is 2.93. The fraction of sp³-hybridized carbons (Fsp3) is 0.190. The Bertz CT molecular complexity index is 1060. The Balaban J connectivity index is 0.000000534. The Hall–Kier alpha value is -3.14. The molecule has 0 aliphatic carbocycles. The van der Waals surface area contributed by atoms with E-state index in [9.17, 15) is 4.39 Å². The van der Waals surface area contributed by atoms with E-state index in [-0.39, 0.29) is 5.82 Å². The second-order valence-electron chi connectivity index (χ2n) is 6.33. The third-order valence-corrected chi connectivity index (χ3v) is 4.87. The molecule has 3 aromatic rings. The van der Waals surface area contributed by atoms with Crippen molar-refractivity contribution in [2.45, 2.75) is 13.1 Å². The summed E-state index contributed by atoms with van der Waals surface area (Å²) in [4.78, 5) is 22.7. The molecule has 0 saturated heterocycles. The van der Waals surface area contributed by atoms with E-state index >= 15 is 0 Å². The second kappa shape index (κ2) is 12.0. The molecule has 0 spiro atoms. The van der Waals surface area contributed by atoms with Crippen molar-refractivity contribution in [3.05, 3.63) is 70.1 Å². The highest BCUT2D eigenvalue weighted by Crippen LogP contribution is 2.25. The van der Waals surface area contributed by atoms with Crippen LogP contribution < -0.4 is 5.32 Å². The number of nitrogens with one attached hydrogen (secondary N) is 1. The number of carbonyl (C=O) groups is 2. The Kier molecular flexibility index (Phi) is 9.45. The Morgan fingerprint density at radius 2 is 1.75 bits per heavy atom. The topological polar surface area (TPSA) is 114 Å². The molecule has 0 atom stereocenters. The fourth-order valence-electron chi connectivity index (χ4n) is 2.61. The maximum Gasteiger partial charge on any atom is 0.414 e. The van der Waals surface area contributed by atoms with Gasteiger partial charge in [-0.2, -0.15) is 0 Å². The first-order valence-corrected chi connectivity index (χ1v) is 9.93. The maximum atomic E-state index is 13.2. The van der Waals surface area contributed by atoms with Gasteiger partial charge in [0.2, 0.25) is 5.95 Å². The monoisotopic (exact) mass is 483 g/mol. The van der Waals surface area contributed by atoms with Crippen molar-refractivity contribution in [1.29, 1.82) is 0 Å². The van der Waals surface area contributed by atoms with E-state index in [2.05, 4.69) is 10.3 Å². The summed E-state index contributed by atoms with van der Waals surface area (Å²) < 4.78 is 20.4. The van der Waals surface area contributed by atoms with Crippen molar-refractivity contribution < 1.29 is 28.9 Å². The van der Waals surface area contributed by atoms with E-state index in [0.717, 1.165) is 16.8 Å². The minimum atomic E-state index is -1.82. The first-order chi connectivity index (χ1) is 15.2. The van der Waals surface area contributed by atoms with Gasteiger partial charge in [-0.25, -0.2) is 19.0 Å². The van der Waals surface area contributed by atoms with E-state index in [1.54, 1.807) is 31.5 Å². The molecule has 0 amide bonds. The number of methoxy groups -OCH3 is 1. The van der Waals surface area contributed by atoms with E-state index in [1.165, 1.54) is 12.1 Å². The maximum absolute atomic E-state index is 13.2. The molecule has 11 heteroatoms. The molecule has 1 aromatic heterocycles. The second-order valence-corrected chi connectivity index (χ2v) is 7.15. The van der Waals surface area contributed by atoms with Crippen molar-refractivity contribution in [1.82, 2.24) is 9.55 Å². The summed E-state index contributed by atoms with van der Waals surface area (Å²) in [6.45, 7) is 1.70. The number of halogens is 3. The third kappa shape index (κ3) is 7.23. The number of aromatic nitrogens is 2. The summed E-state index contributed by atoms with van der Waals surface area (Å²) in [5.74, 6) is -3.22. The van der Waals surface area contributed by atoms with Crippen molar-refractivity contribution in [3.8, 4) is 11.3 Å². The largest absolute Gasteiger partial charge is 0.473 e. The Morgan fingerprint density at radius 3 is 2.31 bits per heavy atom. The van der Waals surface area contributed by atoms with Gasteiger partial charge in [0.1, 0.15) is 5.82 Å². The first-order valence-electron chi connectivity index (χ1n) is 9.17. The number of carboxylic acid groups (broad SMARTS) is 2. The average molecular weight is 484 g/mol. The number of benzene rings is 2. The van der Waals surface area contributed by atoms with Crippen LogP contribution in [-0.2, 0) is 27.4 Å². The molecule has 0 fully saturated rings. The van der Waals surface area contributed by atoms with E-state index < -0.39 is 11.9 Å². The number of rotatable bonds is 7. The van der Waals surface area contributed by atoms with Gasteiger partial charge >= 0.3 is 11.9 Å². The number of nitrogens with zero attached hydrogens (tertiary/aromatic N) is 2. The van der Waals surface area contributed by atoms with Gasteiger partial charge < -0.3 is 24.8 Å². The lowest BCUT2D eigenvalue weighted by molar-refractivity contribution is -0.159. The first kappa shape index (κ1) is 25.1. The zero-order valence-corrected chi connectivity index (χ0v) is 18.4. The highest BCUT2D eigenvalue weighted by molar-refractivity contribution is 6.42. The number of hydrogen-bond donors (Lipinski definition) is 3. The van der Waals surface area contributed by atoms with Gasteiger partial charge in [-0.1, -0.05) is 29.3 Å². The molecule has 2 aromatic carbocycles. The van der Waals surface area contributed by atoms with Crippen molar-refractivity contribution in [2.75, 3.05) is 19.0 Å². The Morgan fingerprint density at radius 1 is 1.09 bits per heavy atom. The lowest BCUT2D eigenvalue weighted by Gasteiger charge is -2.13. The molecule has 170 valence electrons. The molecule has 0 radical (unpaired) electrons.